The molecule has 0 aliphatic heterocycles. The van der Waals surface area contributed by atoms with Gasteiger partial charge >= 0.3 is 0 Å². The lowest BCUT2D eigenvalue weighted by Crippen LogP contribution is -2.15. The first-order valence-electron chi connectivity index (χ1n) is 11.4. The first kappa shape index (κ1) is 27.2. The van der Waals surface area contributed by atoms with Crippen LogP contribution < -0.4 is 15.4 Å². The highest BCUT2D eigenvalue weighted by atomic mass is 35.5. The molecule has 0 unspecified atom stereocenters. The fourth-order valence-electron chi connectivity index (χ4n) is 3.36. The molecule has 0 fully saturated rings. The Bertz CT molecular complexity index is 1600. The molecule has 0 spiro atoms. The van der Waals surface area contributed by atoms with Gasteiger partial charge < -0.3 is 5.32 Å². The maximum Gasteiger partial charge on any atom is 0.291 e. The van der Waals surface area contributed by atoms with Gasteiger partial charge in [0.25, 0.3) is 26.2 Å². The van der Waals surface area contributed by atoms with Crippen molar-refractivity contribution in [3.05, 3.63) is 94.5 Å². The molecule has 2 amide bonds. The Balaban J connectivity index is 1.43. The summed E-state index contributed by atoms with van der Waals surface area (Å²) in [4.78, 5) is 25.1. The van der Waals surface area contributed by atoms with Gasteiger partial charge in [-0.25, -0.2) is 0 Å². The normalized spacial score (nSPS) is 11.6. The third-order valence-electron chi connectivity index (χ3n) is 5.36. The molecule has 1 heterocycles. The van der Waals surface area contributed by atoms with Gasteiger partial charge in [0.1, 0.15) is 0 Å². The Labute approximate surface area is 229 Å². The fraction of sp³-hybridized carbons (Fsp3) is 0.154. The van der Waals surface area contributed by atoms with E-state index in [2.05, 4.69) is 46.3 Å². The lowest BCUT2D eigenvalue weighted by atomic mass is 9.87. The largest absolute Gasteiger partial charge is 0.322 e. The number of amides is 2. The quantitative estimate of drug-likeness (QED) is 0.241. The van der Waals surface area contributed by atoms with Crippen LogP contribution in [-0.2, 0) is 15.4 Å². The molecule has 4 rings (SSSR count). The van der Waals surface area contributed by atoms with Crippen LogP contribution in [-0.4, -0.2) is 30.4 Å². The van der Waals surface area contributed by atoms with E-state index in [0.29, 0.717) is 22.6 Å². The van der Waals surface area contributed by atoms with Gasteiger partial charge in [0, 0.05) is 11.3 Å². The summed E-state index contributed by atoms with van der Waals surface area (Å²) in [6.45, 7) is 6.27. The number of anilines is 3. The van der Waals surface area contributed by atoms with Crippen LogP contribution >= 0.6 is 22.9 Å². The number of carbonyl (C=O) groups excluding carboxylic acids is 2. The van der Waals surface area contributed by atoms with Gasteiger partial charge in [-0.2, -0.15) is 8.42 Å². The molecule has 3 N–H and O–H groups in total. The van der Waals surface area contributed by atoms with Crippen molar-refractivity contribution in [1.82, 2.24) is 10.2 Å². The molecule has 38 heavy (non-hydrogen) atoms. The van der Waals surface area contributed by atoms with Crippen LogP contribution in [0.3, 0.4) is 0 Å². The molecule has 0 atom stereocenters. The highest BCUT2D eigenvalue weighted by molar-refractivity contribution is 7.94. The maximum atomic E-state index is 12.9. The summed E-state index contributed by atoms with van der Waals surface area (Å²) < 4.78 is 27.8. The van der Waals surface area contributed by atoms with E-state index in [1.54, 1.807) is 42.5 Å². The minimum Gasteiger partial charge on any atom is -0.322 e. The second kappa shape index (κ2) is 10.9. The van der Waals surface area contributed by atoms with E-state index in [0.717, 1.165) is 5.56 Å². The van der Waals surface area contributed by atoms with Crippen molar-refractivity contribution in [2.45, 2.75) is 30.5 Å². The third-order valence-corrected chi connectivity index (χ3v) is 8.28. The van der Waals surface area contributed by atoms with Gasteiger partial charge in [-0.05, 0) is 53.4 Å². The maximum absolute atomic E-state index is 12.9. The Hall–Kier alpha value is -3.80. The molecule has 0 radical (unpaired) electrons. The van der Waals surface area contributed by atoms with E-state index in [-0.39, 0.29) is 37.1 Å². The number of halogens is 1. The summed E-state index contributed by atoms with van der Waals surface area (Å²) in [6.07, 6.45) is 0. The Kier molecular flexibility index (Phi) is 7.81. The molecule has 4 aromatic rings. The predicted molar refractivity (Wildman–Crippen MR) is 150 cm³/mol. The molecule has 0 saturated carbocycles. The van der Waals surface area contributed by atoms with Crippen LogP contribution in [0.4, 0.5) is 16.5 Å². The molecular formula is C26H24ClN5O4S2. The molecule has 0 bridgehead atoms. The number of carbonyl (C=O) groups is 2. The number of sulfonamides is 1. The molecule has 12 heteroatoms. The van der Waals surface area contributed by atoms with E-state index in [1.165, 1.54) is 18.2 Å². The van der Waals surface area contributed by atoms with Crippen molar-refractivity contribution in [3.63, 3.8) is 0 Å². The van der Waals surface area contributed by atoms with Crippen molar-refractivity contribution < 1.29 is 18.0 Å². The minimum absolute atomic E-state index is 0.00575. The number of rotatable bonds is 7. The Morgan fingerprint density at radius 1 is 0.842 bits per heavy atom. The van der Waals surface area contributed by atoms with Gasteiger partial charge in [0.15, 0.2) is 0 Å². The number of benzene rings is 3. The lowest BCUT2D eigenvalue weighted by Gasteiger charge is -2.19. The smallest absolute Gasteiger partial charge is 0.291 e. The average molecular weight is 570 g/mol. The SMILES string of the molecule is CC(C)(C)c1ccc(C(=O)Nc2cccc(NS(=O)(=O)c3nnc(NC(=O)c4ccccc4Cl)s3)c2)cc1. The number of hydrogen-bond acceptors (Lipinski definition) is 7. The summed E-state index contributed by atoms with van der Waals surface area (Å²) in [5, 5.41) is 12.9. The van der Waals surface area contributed by atoms with E-state index in [1.807, 2.05) is 12.1 Å². The lowest BCUT2D eigenvalue weighted by molar-refractivity contribution is 0.101. The minimum atomic E-state index is -4.11. The van der Waals surface area contributed by atoms with Crippen LogP contribution in [0.15, 0.2) is 77.1 Å². The van der Waals surface area contributed by atoms with E-state index >= 15 is 0 Å². The summed E-state index contributed by atoms with van der Waals surface area (Å²) in [7, 11) is -4.11. The molecule has 0 saturated heterocycles. The molecule has 0 aliphatic rings. The van der Waals surface area contributed by atoms with Crippen LogP contribution in [0.25, 0.3) is 0 Å². The van der Waals surface area contributed by atoms with Gasteiger partial charge in [-0.3, -0.25) is 19.6 Å². The number of nitrogens with zero attached hydrogens (tertiary/aromatic N) is 2. The predicted octanol–water partition coefficient (Wildman–Crippen LogP) is 5.79. The summed E-state index contributed by atoms with van der Waals surface area (Å²) in [6, 6.07) is 20.0. The molecule has 0 aliphatic carbocycles. The summed E-state index contributed by atoms with van der Waals surface area (Å²) in [5.74, 6) is -0.867. The molecule has 1 aromatic heterocycles. The van der Waals surface area contributed by atoms with Crippen LogP contribution in [0.2, 0.25) is 5.02 Å². The standard InChI is InChI=1S/C26H24ClN5O4S2/c1-26(2,3)17-13-11-16(12-14-17)22(33)28-18-7-6-8-19(15-18)32-38(35,36)25-31-30-24(37-25)29-23(34)20-9-4-5-10-21(20)27/h4-15,32H,1-3H3,(H,28,33)(H,29,30,34). The van der Waals surface area contributed by atoms with Gasteiger partial charge in [-0.1, -0.05) is 74.0 Å². The van der Waals surface area contributed by atoms with E-state index in [9.17, 15) is 18.0 Å². The summed E-state index contributed by atoms with van der Waals surface area (Å²) >= 11 is 6.71. The number of aromatic nitrogens is 2. The Morgan fingerprint density at radius 3 is 2.21 bits per heavy atom. The highest BCUT2D eigenvalue weighted by Gasteiger charge is 2.22. The fourth-order valence-corrected chi connectivity index (χ4v) is 5.53. The Morgan fingerprint density at radius 2 is 1.53 bits per heavy atom. The monoisotopic (exact) mass is 569 g/mol. The second-order valence-corrected chi connectivity index (χ2v) is 12.5. The first-order chi connectivity index (χ1) is 17.9. The van der Waals surface area contributed by atoms with E-state index < -0.39 is 15.9 Å². The highest BCUT2D eigenvalue weighted by Crippen LogP contribution is 2.26. The van der Waals surface area contributed by atoms with Crippen molar-refractivity contribution in [2.24, 2.45) is 0 Å². The first-order valence-corrected chi connectivity index (χ1v) is 14.0. The van der Waals surface area contributed by atoms with Crippen LogP contribution in [0, 0.1) is 0 Å². The molecular weight excluding hydrogens is 546 g/mol. The van der Waals surface area contributed by atoms with Crippen molar-refractivity contribution in [2.75, 3.05) is 15.4 Å². The average Bonchev–Trinajstić information content (AvgIpc) is 3.33. The van der Waals surface area contributed by atoms with Crippen molar-refractivity contribution in [3.8, 4) is 0 Å². The van der Waals surface area contributed by atoms with Gasteiger partial charge in [0.05, 0.1) is 16.3 Å². The molecule has 196 valence electrons. The molecule has 9 nitrogen and oxygen atoms in total. The van der Waals surface area contributed by atoms with Crippen molar-refractivity contribution in [1.29, 1.82) is 0 Å². The zero-order valence-electron chi connectivity index (χ0n) is 20.7. The van der Waals surface area contributed by atoms with Crippen molar-refractivity contribution >= 4 is 61.3 Å². The van der Waals surface area contributed by atoms with Crippen LogP contribution in [0.1, 0.15) is 47.1 Å². The second-order valence-electron chi connectivity index (χ2n) is 9.27. The topological polar surface area (TPSA) is 130 Å². The van der Waals surface area contributed by atoms with Crippen LogP contribution in [0.5, 0.6) is 0 Å². The van der Waals surface area contributed by atoms with Gasteiger partial charge in [0.2, 0.25) is 5.13 Å². The van der Waals surface area contributed by atoms with E-state index in [4.69, 9.17) is 11.6 Å². The zero-order valence-corrected chi connectivity index (χ0v) is 23.0. The summed E-state index contributed by atoms with van der Waals surface area (Å²) in [5.41, 5.74) is 2.38. The number of hydrogen-bond donors (Lipinski definition) is 3. The molecule has 3 aromatic carbocycles. The van der Waals surface area contributed by atoms with Gasteiger partial charge in [-0.15, -0.1) is 10.2 Å². The third kappa shape index (κ3) is 6.55. The zero-order chi connectivity index (χ0) is 27.5. The number of nitrogens with one attached hydrogen (secondary N) is 3.